The van der Waals surface area contributed by atoms with Gasteiger partial charge in [0, 0.05) is 19.2 Å². The number of aliphatic hydroxyl groups excluding tert-OH is 1. The first-order valence-corrected chi connectivity index (χ1v) is 8.98. The van der Waals surface area contributed by atoms with E-state index in [4.69, 9.17) is 0 Å². The predicted octanol–water partition coefficient (Wildman–Crippen LogP) is 1.21. The van der Waals surface area contributed by atoms with E-state index in [1.165, 1.54) is 19.3 Å². The van der Waals surface area contributed by atoms with Crippen molar-refractivity contribution in [3.05, 3.63) is 41.7 Å². The Morgan fingerprint density at radius 3 is 2.71 bits per heavy atom. The van der Waals surface area contributed by atoms with Crippen molar-refractivity contribution >= 4 is 21.7 Å². The number of hydrogen-bond acceptors (Lipinski definition) is 5. The van der Waals surface area contributed by atoms with Crippen LogP contribution in [0.2, 0.25) is 0 Å². The third-order valence-electron chi connectivity index (χ3n) is 3.52. The van der Waals surface area contributed by atoms with Crippen LogP contribution in [-0.4, -0.2) is 44.3 Å². The van der Waals surface area contributed by atoms with Gasteiger partial charge < -0.3 is 15.7 Å². The summed E-state index contributed by atoms with van der Waals surface area (Å²) in [6.45, 7) is 1.70. The summed E-state index contributed by atoms with van der Waals surface area (Å²) in [5.74, 6) is -0.876. The van der Waals surface area contributed by atoms with Gasteiger partial charge in [-0.1, -0.05) is 6.07 Å². The van der Waals surface area contributed by atoms with Gasteiger partial charge >= 0.3 is 6.03 Å². The molecule has 1 atom stereocenters. The molecule has 0 aromatic heterocycles. The van der Waals surface area contributed by atoms with Crippen molar-refractivity contribution in [2.75, 3.05) is 24.2 Å². The van der Waals surface area contributed by atoms with Crippen molar-refractivity contribution in [3.63, 3.8) is 0 Å². The Kier molecular flexibility index (Phi) is 4.88. The summed E-state index contributed by atoms with van der Waals surface area (Å²) >= 11 is 0. The quantitative estimate of drug-likeness (QED) is 0.751. The van der Waals surface area contributed by atoms with Gasteiger partial charge in [-0.2, -0.15) is 0 Å². The molecule has 1 aliphatic rings. The average Bonchev–Trinajstić information content (AvgIpc) is 2.87. The minimum Gasteiger partial charge on any atom is -0.494 e. The number of carbonyl (C=O) groups is 1. The number of rotatable bonds is 4. The first-order valence-electron chi connectivity index (χ1n) is 7.13. The Bertz CT molecular complexity index is 781. The van der Waals surface area contributed by atoms with Crippen LogP contribution in [0.25, 0.3) is 0 Å². The van der Waals surface area contributed by atoms with Gasteiger partial charge in [0.05, 0.1) is 18.1 Å². The SMILES string of the molecule is CCN(c1cc(F)ccc1C1NC(O)=CN1C(=O)NC)S(C)(=O)=O. The summed E-state index contributed by atoms with van der Waals surface area (Å²) in [5, 5.41) is 14.8. The Balaban J connectivity index is 2.57. The lowest BCUT2D eigenvalue weighted by molar-refractivity contribution is 0.202. The lowest BCUT2D eigenvalue weighted by Crippen LogP contribution is -2.39. The van der Waals surface area contributed by atoms with E-state index in [0.29, 0.717) is 5.56 Å². The Morgan fingerprint density at radius 1 is 1.50 bits per heavy atom. The summed E-state index contributed by atoms with van der Waals surface area (Å²) in [6.07, 6.45) is 1.31. The maximum absolute atomic E-state index is 13.7. The zero-order chi connectivity index (χ0) is 18.1. The third-order valence-corrected chi connectivity index (χ3v) is 4.77. The normalized spacial score (nSPS) is 17.2. The van der Waals surface area contributed by atoms with Gasteiger partial charge in [0.15, 0.2) is 0 Å². The predicted molar refractivity (Wildman–Crippen MR) is 87.1 cm³/mol. The Morgan fingerprint density at radius 2 is 2.17 bits per heavy atom. The molecule has 1 aromatic carbocycles. The number of carbonyl (C=O) groups excluding carboxylic acids is 1. The summed E-state index contributed by atoms with van der Waals surface area (Å²) < 4.78 is 38.8. The van der Waals surface area contributed by atoms with Crippen LogP contribution in [0.15, 0.2) is 30.3 Å². The largest absolute Gasteiger partial charge is 0.494 e. The van der Waals surface area contributed by atoms with Crippen molar-refractivity contribution in [2.45, 2.75) is 13.1 Å². The highest BCUT2D eigenvalue weighted by atomic mass is 32.2. The molecule has 10 heteroatoms. The highest BCUT2D eigenvalue weighted by Crippen LogP contribution is 2.34. The summed E-state index contributed by atoms with van der Waals surface area (Å²) in [7, 11) is -2.23. The molecule has 132 valence electrons. The van der Waals surface area contributed by atoms with Crippen molar-refractivity contribution in [3.8, 4) is 0 Å². The maximum atomic E-state index is 13.7. The molecule has 8 nitrogen and oxygen atoms in total. The standard InChI is InChI=1S/C14H19FN4O4S/c1-4-19(24(3,22)23)11-7-9(15)5-6-10(11)13-17-12(20)8-18(13)14(21)16-2/h5-8,13,17,20H,4H2,1-3H3,(H,16,21). The van der Waals surface area contributed by atoms with Crippen LogP contribution in [-0.2, 0) is 10.0 Å². The number of nitrogens with zero attached hydrogens (tertiary/aromatic N) is 2. The molecular formula is C14H19FN4O4S. The zero-order valence-corrected chi connectivity index (χ0v) is 14.3. The fourth-order valence-corrected chi connectivity index (χ4v) is 3.52. The van der Waals surface area contributed by atoms with E-state index < -0.39 is 28.0 Å². The van der Waals surface area contributed by atoms with Gasteiger partial charge in [0.2, 0.25) is 15.9 Å². The molecule has 3 N–H and O–H groups in total. The van der Waals surface area contributed by atoms with Crippen LogP contribution >= 0.6 is 0 Å². The number of anilines is 1. The number of nitrogens with one attached hydrogen (secondary N) is 2. The summed E-state index contributed by atoms with van der Waals surface area (Å²) in [4.78, 5) is 13.1. The van der Waals surface area contributed by atoms with Crippen LogP contribution in [0, 0.1) is 5.82 Å². The number of amides is 2. The van der Waals surface area contributed by atoms with Gasteiger partial charge in [-0.05, 0) is 19.1 Å². The molecular weight excluding hydrogens is 339 g/mol. The van der Waals surface area contributed by atoms with E-state index in [-0.39, 0.29) is 18.1 Å². The van der Waals surface area contributed by atoms with Crippen LogP contribution in [0.5, 0.6) is 0 Å². The van der Waals surface area contributed by atoms with Crippen LogP contribution in [0.3, 0.4) is 0 Å². The molecule has 0 radical (unpaired) electrons. The fraction of sp³-hybridized carbons (Fsp3) is 0.357. The molecule has 2 amide bonds. The second-order valence-corrected chi connectivity index (χ2v) is 7.06. The lowest BCUT2D eigenvalue weighted by Gasteiger charge is -2.29. The minimum absolute atomic E-state index is 0.0847. The minimum atomic E-state index is -3.65. The smallest absolute Gasteiger partial charge is 0.323 e. The molecule has 0 bridgehead atoms. The molecule has 1 heterocycles. The van der Waals surface area contributed by atoms with Crippen LogP contribution in [0.4, 0.5) is 14.9 Å². The molecule has 24 heavy (non-hydrogen) atoms. The van der Waals surface area contributed by atoms with E-state index in [1.807, 2.05) is 0 Å². The first kappa shape index (κ1) is 17.9. The van der Waals surface area contributed by atoms with Crippen LogP contribution in [0.1, 0.15) is 18.7 Å². The third kappa shape index (κ3) is 3.37. The van der Waals surface area contributed by atoms with Gasteiger partial charge in [-0.25, -0.2) is 17.6 Å². The number of aliphatic hydroxyl groups is 1. The Hall–Kier alpha value is -2.49. The van der Waals surface area contributed by atoms with E-state index >= 15 is 0 Å². The van der Waals surface area contributed by atoms with E-state index in [9.17, 15) is 22.7 Å². The molecule has 1 aliphatic heterocycles. The van der Waals surface area contributed by atoms with E-state index in [1.54, 1.807) is 6.92 Å². The second-order valence-electron chi connectivity index (χ2n) is 5.15. The highest BCUT2D eigenvalue weighted by Gasteiger charge is 2.33. The average molecular weight is 358 g/mol. The number of urea groups is 1. The van der Waals surface area contributed by atoms with Gasteiger partial charge in [-0.3, -0.25) is 9.21 Å². The molecule has 0 aliphatic carbocycles. The van der Waals surface area contributed by atoms with Crippen molar-refractivity contribution in [1.82, 2.24) is 15.5 Å². The van der Waals surface area contributed by atoms with E-state index in [0.717, 1.165) is 27.6 Å². The van der Waals surface area contributed by atoms with Crippen LogP contribution < -0.4 is 14.9 Å². The van der Waals surface area contributed by atoms with Crippen molar-refractivity contribution in [2.24, 2.45) is 0 Å². The number of hydrogen-bond donors (Lipinski definition) is 3. The van der Waals surface area contributed by atoms with Gasteiger partial charge in [0.1, 0.15) is 12.0 Å². The number of benzene rings is 1. The molecule has 1 aromatic rings. The molecule has 1 unspecified atom stereocenters. The molecule has 0 saturated carbocycles. The molecule has 0 spiro atoms. The second kappa shape index (κ2) is 6.56. The van der Waals surface area contributed by atoms with E-state index in [2.05, 4.69) is 10.6 Å². The van der Waals surface area contributed by atoms with Crippen molar-refractivity contribution < 1.29 is 22.7 Å². The number of halogens is 1. The Labute approximate surface area is 139 Å². The first-order chi connectivity index (χ1) is 11.2. The zero-order valence-electron chi connectivity index (χ0n) is 13.4. The summed E-state index contributed by atoms with van der Waals surface area (Å²) in [6, 6.07) is 3.10. The maximum Gasteiger partial charge on any atom is 0.323 e. The topological polar surface area (TPSA) is 102 Å². The number of sulfonamides is 1. The highest BCUT2D eigenvalue weighted by molar-refractivity contribution is 7.92. The molecule has 0 saturated heterocycles. The lowest BCUT2D eigenvalue weighted by atomic mass is 10.1. The van der Waals surface area contributed by atoms with Crippen molar-refractivity contribution in [1.29, 1.82) is 0 Å². The fourth-order valence-electron chi connectivity index (χ4n) is 2.53. The van der Waals surface area contributed by atoms with Gasteiger partial charge in [0.25, 0.3) is 0 Å². The molecule has 0 fully saturated rings. The van der Waals surface area contributed by atoms with Gasteiger partial charge in [-0.15, -0.1) is 0 Å². The monoisotopic (exact) mass is 358 g/mol. The molecule has 2 rings (SSSR count). The summed E-state index contributed by atoms with van der Waals surface area (Å²) in [5.41, 5.74) is 0.419.